The van der Waals surface area contributed by atoms with E-state index in [-0.39, 0.29) is 11.9 Å². The van der Waals surface area contributed by atoms with Gasteiger partial charge in [0.2, 0.25) is 5.91 Å². The predicted molar refractivity (Wildman–Crippen MR) is 88.4 cm³/mol. The summed E-state index contributed by atoms with van der Waals surface area (Å²) in [5, 5.41) is 10.4. The minimum Gasteiger partial charge on any atom is -0.386 e. The molecular formula is C19H23NO2. The van der Waals surface area contributed by atoms with Crippen LogP contribution in [-0.4, -0.2) is 29.0 Å². The first kappa shape index (κ1) is 16.2. The number of carbonyl (C=O) groups excluding carboxylic acids is 1. The lowest BCUT2D eigenvalue weighted by atomic mass is 10.0. The monoisotopic (exact) mass is 297 g/mol. The molecule has 2 atom stereocenters. The largest absolute Gasteiger partial charge is 0.386 e. The number of rotatable bonds is 6. The summed E-state index contributed by atoms with van der Waals surface area (Å²) >= 11 is 0. The van der Waals surface area contributed by atoms with Crippen molar-refractivity contribution in [3.05, 3.63) is 71.8 Å². The van der Waals surface area contributed by atoms with Gasteiger partial charge in [-0.25, -0.2) is 0 Å². The fourth-order valence-corrected chi connectivity index (χ4v) is 2.44. The van der Waals surface area contributed by atoms with Crippen LogP contribution in [-0.2, 0) is 11.2 Å². The van der Waals surface area contributed by atoms with E-state index >= 15 is 0 Å². The summed E-state index contributed by atoms with van der Waals surface area (Å²) < 4.78 is 0. The van der Waals surface area contributed by atoms with Crippen LogP contribution in [0.3, 0.4) is 0 Å². The van der Waals surface area contributed by atoms with Crippen molar-refractivity contribution in [3.63, 3.8) is 0 Å². The number of hydrogen-bond donors (Lipinski definition) is 1. The second-order valence-electron chi connectivity index (χ2n) is 5.59. The van der Waals surface area contributed by atoms with E-state index in [4.69, 9.17) is 0 Å². The zero-order chi connectivity index (χ0) is 15.9. The Morgan fingerprint density at radius 2 is 1.59 bits per heavy atom. The van der Waals surface area contributed by atoms with Crippen molar-refractivity contribution in [1.29, 1.82) is 0 Å². The molecule has 2 rings (SSSR count). The molecule has 116 valence electrons. The molecule has 0 radical (unpaired) electrons. The number of likely N-dealkylation sites (N-methyl/N-ethyl adjacent to an activating group) is 1. The molecule has 0 bridgehead atoms. The van der Waals surface area contributed by atoms with E-state index in [0.717, 1.165) is 17.5 Å². The Morgan fingerprint density at radius 3 is 2.18 bits per heavy atom. The van der Waals surface area contributed by atoms with Gasteiger partial charge in [-0.15, -0.1) is 0 Å². The van der Waals surface area contributed by atoms with Crippen LogP contribution in [0, 0.1) is 0 Å². The molecule has 1 N–H and O–H groups in total. The average Bonchev–Trinajstić information content (AvgIpc) is 2.59. The third kappa shape index (κ3) is 4.18. The normalized spacial score (nSPS) is 13.4. The zero-order valence-electron chi connectivity index (χ0n) is 13.1. The Hall–Kier alpha value is -2.13. The number of aliphatic hydroxyl groups is 1. The molecule has 1 amide bonds. The molecule has 2 aromatic carbocycles. The quantitative estimate of drug-likeness (QED) is 0.889. The molecule has 22 heavy (non-hydrogen) atoms. The van der Waals surface area contributed by atoms with Crippen LogP contribution in [0.4, 0.5) is 0 Å². The highest BCUT2D eigenvalue weighted by Gasteiger charge is 2.23. The molecule has 2 aromatic rings. The van der Waals surface area contributed by atoms with Crippen LogP contribution < -0.4 is 0 Å². The van der Waals surface area contributed by atoms with Crippen LogP contribution >= 0.6 is 0 Å². The van der Waals surface area contributed by atoms with Gasteiger partial charge in [-0.3, -0.25) is 4.79 Å². The SMILES string of the molecule is C[C@H]([C@@H](O)c1ccccc1)N(C)C(=O)CCc1ccccc1. The van der Waals surface area contributed by atoms with Crippen molar-refractivity contribution in [2.45, 2.75) is 31.9 Å². The number of aliphatic hydroxyl groups excluding tert-OH is 1. The first-order valence-corrected chi connectivity index (χ1v) is 7.62. The minimum absolute atomic E-state index is 0.0475. The fourth-order valence-electron chi connectivity index (χ4n) is 2.44. The van der Waals surface area contributed by atoms with Gasteiger partial charge < -0.3 is 10.0 Å². The van der Waals surface area contributed by atoms with E-state index in [2.05, 4.69) is 0 Å². The average molecular weight is 297 g/mol. The van der Waals surface area contributed by atoms with Crippen LogP contribution in [0.2, 0.25) is 0 Å². The number of hydrogen-bond acceptors (Lipinski definition) is 2. The minimum atomic E-state index is -0.674. The molecule has 0 fully saturated rings. The number of nitrogens with zero attached hydrogens (tertiary/aromatic N) is 1. The first-order valence-electron chi connectivity index (χ1n) is 7.62. The second-order valence-corrected chi connectivity index (χ2v) is 5.59. The lowest BCUT2D eigenvalue weighted by Crippen LogP contribution is -2.39. The van der Waals surface area contributed by atoms with Crippen molar-refractivity contribution >= 4 is 5.91 Å². The van der Waals surface area contributed by atoms with Gasteiger partial charge in [0.05, 0.1) is 12.1 Å². The van der Waals surface area contributed by atoms with Gasteiger partial charge in [0, 0.05) is 13.5 Å². The third-order valence-corrected chi connectivity index (χ3v) is 4.07. The molecule has 3 nitrogen and oxygen atoms in total. The fraction of sp³-hybridized carbons (Fsp3) is 0.316. The Kier molecular flexibility index (Phi) is 5.73. The lowest BCUT2D eigenvalue weighted by Gasteiger charge is -2.29. The van der Waals surface area contributed by atoms with E-state index in [0.29, 0.717) is 6.42 Å². The van der Waals surface area contributed by atoms with E-state index in [1.165, 1.54) is 0 Å². The summed E-state index contributed by atoms with van der Waals surface area (Å²) in [4.78, 5) is 13.9. The zero-order valence-corrected chi connectivity index (χ0v) is 13.1. The first-order chi connectivity index (χ1) is 10.6. The Morgan fingerprint density at radius 1 is 1.05 bits per heavy atom. The molecule has 0 aromatic heterocycles. The Balaban J connectivity index is 1.92. The molecule has 0 spiro atoms. The summed E-state index contributed by atoms with van der Waals surface area (Å²) in [6, 6.07) is 19.2. The molecule has 0 aliphatic heterocycles. The molecule has 3 heteroatoms. The highest BCUT2D eigenvalue weighted by molar-refractivity contribution is 5.76. The van der Waals surface area contributed by atoms with Gasteiger partial charge in [-0.1, -0.05) is 60.7 Å². The van der Waals surface area contributed by atoms with Crippen molar-refractivity contribution in [1.82, 2.24) is 4.90 Å². The van der Waals surface area contributed by atoms with Gasteiger partial charge in [0.25, 0.3) is 0 Å². The molecule has 0 saturated heterocycles. The van der Waals surface area contributed by atoms with E-state index < -0.39 is 6.10 Å². The summed E-state index contributed by atoms with van der Waals surface area (Å²) in [6.07, 6.45) is 0.497. The van der Waals surface area contributed by atoms with Crippen molar-refractivity contribution < 1.29 is 9.90 Å². The molecule has 0 heterocycles. The standard InChI is InChI=1S/C19H23NO2/c1-15(19(22)17-11-7-4-8-12-17)20(2)18(21)14-13-16-9-5-3-6-10-16/h3-12,15,19,22H,13-14H2,1-2H3/t15-,19-/m1/s1. The maximum Gasteiger partial charge on any atom is 0.222 e. The van der Waals surface area contributed by atoms with E-state index in [9.17, 15) is 9.90 Å². The van der Waals surface area contributed by atoms with Gasteiger partial charge >= 0.3 is 0 Å². The topological polar surface area (TPSA) is 40.5 Å². The Labute approximate surface area is 132 Å². The maximum absolute atomic E-state index is 12.3. The van der Waals surface area contributed by atoms with Crippen molar-refractivity contribution in [2.24, 2.45) is 0 Å². The van der Waals surface area contributed by atoms with Gasteiger partial charge in [0.1, 0.15) is 0 Å². The number of carbonyl (C=O) groups is 1. The van der Waals surface area contributed by atoms with Crippen molar-refractivity contribution in [3.8, 4) is 0 Å². The highest BCUT2D eigenvalue weighted by Crippen LogP contribution is 2.20. The van der Waals surface area contributed by atoms with Crippen LogP contribution in [0.25, 0.3) is 0 Å². The smallest absolute Gasteiger partial charge is 0.222 e. The van der Waals surface area contributed by atoms with Gasteiger partial charge in [-0.05, 0) is 24.5 Å². The maximum atomic E-state index is 12.3. The summed E-state index contributed by atoms with van der Waals surface area (Å²) in [5.74, 6) is 0.0475. The predicted octanol–water partition coefficient (Wildman–Crippen LogP) is 3.20. The van der Waals surface area contributed by atoms with Gasteiger partial charge in [0.15, 0.2) is 0 Å². The van der Waals surface area contributed by atoms with Crippen molar-refractivity contribution in [2.75, 3.05) is 7.05 Å². The Bertz CT molecular complexity index is 583. The summed E-state index contributed by atoms with van der Waals surface area (Å²) in [7, 11) is 1.75. The molecule has 0 unspecified atom stereocenters. The number of aryl methyl sites for hydroxylation is 1. The van der Waals surface area contributed by atoms with Crippen LogP contribution in [0.1, 0.15) is 30.6 Å². The highest BCUT2D eigenvalue weighted by atomic mass is 16.3. The summed E-state index contributed by atoms with van der Waals surface area (Å²) in [5.41, 5.74) is 1.98. The van der Waals surface area contributed by atoms with E-state index in [1.807, 2.05) is 67.6 Å². The third-order valence-electron chi connectivity index (χ3n) is 4.07. The number of amides is 1. The molecule has 0 aliphatic rings. The van der Waals surface area contributed by atoms with Crippen LogP contribution in [0.15, 0.2) is 60.7 Å². The van der Waals surface area contributed by atoms with E-state index in [1.54, 1.807) is 11.9 Å². The summed E-state index contributed by atoms with van der Waals surface area (Å²) in [6.45, 7) is 1.87. The second kappa shape index (κ2) is 7.76. The van der Waals surface area contributed by atoms with Crippen LogP contribution in [0.5, 0.6) is 0 Å². The molecule has 0 aliphatic carbocycles. The molecule has 0 saturated carbocycles. The number of benzene rings is 2. The lowest BCUT2D eigenvalue weighted by molar-refractivity contribution is -0.133. The molecular weight excluding hydrogens is 274 g/mol. The van der Waals surface area contributed by atoms with Gasteiger partial charge in [-0.2, -0.15) is 0 Å².